The van der Waals surface area contributed by atoms with Crippen LogP contribution in [-0.4, -0.2) is 18.5 Å². The summed E-state index contributed by atoms with van der Waals surface area (Å²) in [4.78, 5) is 2.11. The van der Waals surface area contributed by atoms with E-state index in [9.17, 15) is 0 Å². The van der Waals surface area contributed by atoms with E-state index in [0.29, 0.717) is 12.1 Å². The zero-order valence-corrected chi connectivity index (χ0v) is 15.6. The first-order chi connectivity index (χ1) is 12.1. The maximum atomic E-state index is 16.7. The molecule has 1 unspecified atom stereocenters. The van der Waals surface area contributed by atoms with Crippen molar-refractivity contribution in [3.63, 3.8) is 0 Å². The topological polar surface area (TPSA) is 3.24 Å². The second kappa shape index (κ2) is 6.08. The van der Waals surface area contributed by atoms with E-state index < -0.39 is 11.2 Å². The molecule has 0 aliphatic carbocycles. The van der Waals surface area contributed by atoms with E-state index in [1.807, 2.05) is 92.0 Å². The lowest BCUT2D eigenvalue weighted by atomic mass is 9.61. The van der Waals surface area contributed by atoms with Crippen LogP contribution < -0.4 is 0 Å². The first-order valence-electron chi connectivity index (χ1n) is 8.36. The summed E-state index contributed by atoms with van der Waals surface area (Å²) in [6, 6.07) is 27.6. The smallest absolute Gasteiger partial charge is 0.175 e. The van der Waals surface area contributed by atoms with Crippen LogP contribution in [0, 0.1) is 0 Å². The normalized spacial score (nSPS) is 22.4. The zero-order chi connectivity index (χ0) is 17.5. The van der Waals surface area contributed by atoms with Crippen molar-refractivity contribution in [2.24, 2.45) is 0 Å². The van der Waals surface area contributed by atoms with Crippen LogP contribution >= 0.6 is 15.9 Å². The number of alkyl halides is 1. The molecule has 3 heteroatoms. The Bertz CT molecular complexity index is 824. The van der Waals surface area contributed by atoms with Gasteiger partial charge in [-0.3, -0.25) is 4.90 Å². The molecule has 0 radical (unpaired) electrons. The van der Waals surface area contributed by atoms with Crippen LogP contribution in [0.4, 0.5) is 4.39 Å². The maximum Gasteiger partial charge on any atom is 0.175 e. The van der Waals surface area contributed by atoms with E-state index >= 15 is 4.39 Å². The fourth-order valence-corrected chi connectivity index (χ4v) is 4.47. The number of nitrogens with zero attached hydrogens (tertiary/aromatic N) is 1. The third-order valence-electron chi connectivity index (χ3n) is 5.29. The highest BCUT2D eigenvalue weighted by atomic mass is 79.9. The van der Waals surface area contributed by atoms with Gasteiger partial charge < -0.3 is 0 Å². The van der Waals surface area contributed by atoms with Gasteiger partial charge in [0, 0.05) is 11.0 Å². The third kappa shape index (κ3) is 2.30. The van der Waals surface area contributed by atoms with E-state index in [4.69, 9.17) is 0 Å². The standard InChI is InChI=1S/C22H19BrFN/c1-25-16-21(24,17-12-14-20(23)15-13-17)22(25,18-8-4-2-5-9-18)19-10-6-3-7-11-19/h2-15H,16H2,1H3. The number of hydrogen-bond donors (Lipinski definition) is 0. The molecule has 3 aromatic carbocycles. The zero-order valence-electron chi connectivity index (χ0n) is 14.0. The maximum absolute atomic E-state index is 16.7. The molecule has 4 rings (SSSR count). The molecule has 0 saturated carbocycles. The minimum absolute atomic E-state index is 0.360. The average Bonchev–Trinajstić information content (AvgIpc) is 2.64. The quantitative estimate of drug-likeness (QED) is 0.565. The summed E-state index contributed by atoms with van der Waals surface area (Å²) in [7, 11) is 2.00. The highest BCUT2D eigenvalue weighted by molar-refractivity contribution is 9.10. The molecule has 0 spiro atoms. The van der Waals surface area contributed by atoms with Gasteiger partial charge in [0.25, 0.3) is 0 Å². The Morgan fingerprint density at radius 3 is 1.68 bits per heavy atom. The molecule has 0 bridgehead atoms. The minimum atomic E-state index is -1.49. The lowest BCUT2D eigenvalue weighted by Crippen LogP contribution is -2.71. The monoisotopic (exact) mass is 395 g/mol. The van der Waals surface area contributed by atoms with Crippen molar-refractivity contribution >= 4 is 15.9 Å². The Kier molecular flexibility index (Phi) is 4.01. The van der Waals surface area contributed by atoms with Crippen LogP contribution in [0.3, 0.4) is 0 Å². The van der Waals surface area contributed by atoms with Crippen molar-refractivity contribution in [3.8, 4) is 0 Å². The molecular weight excluding hydrogens is 377 g/mol. The summed E-state index contributed by atoms with van der Waals surface area (Å²) in [5.41, 5.74) is 0.330. The van der Waals surface area contributed by atoms with Gasteiger partial charge in [-0.25, -0.2) is 4.39 Å². The number of likely N-dealkylation sites (tertiary alicyclic amines) is 1. The van der Waals surface area contributed by atoms with Gasteiger partial charge in [-0.1, -0.05) is 88.7 Å². The van der Waals surface area contributed by atoms with Crippen molar-refractivity contribution in [2.45, 2.75) is 11.2 Å². The van der Waals surface area contributed by atoms with Gasteiger partial charge >= 0.3 is 0 Å². The summed E-state index contributed by atoms with van der Waals surface area (Å²) in [6.07, 6.45) is 0. The lowest BCUT2D eigenvalue weighted by Gasteiger charge is -2.62. The van der Waals surface area contributed by atoms with Crippen LogP contribution in [-0.2, 0) is 11.2 Å². The first-order valence-corrected chi connectivity index (χ1v) is 9.15. The van der Waals surface area contributed by atoms with E-state index in [1.165, 1.54) is 0 Å². The molecule has 1 saturated heterocycles. The van der Waals surface area contributed by atoms with Crippen molar-refractivity contribution < 1.29 is 4.39 Å². The summed E-state index contributed by atoms with van der Waals surface area (Å²) < 4.78 is 17.6. The Morgan fingerprint density at radius 2 is 1.24 bits per heavy atom. The van der Waals surface area contributed by atoms with E-state index in [2.05, 4.69) is 20.8 Å². The molecule has 1 aliphatic rings. The molecule has 1 nitrogen and oxygen atoms in total. The third-order valence-corrected chi connectivity index (χ3v) is 5.81. The largest absolute Gasteiger partial charge is 0.286 e. The number of benzene rings is 3. The number of likely N-dealkylation sites (N-methyl/N-ethyl adjacent to an activating group) is 1. The SMILES string of the molecule is CN1CC(F)(c2ccc(Br)cc2)C1(c1ccccc1)c1ccccc1. The number of hydrogen-bond acceptors (Lipinski definition) is 1. The Labute approximate surface area is 156 Å². The minimum Gasteiger partial charge on any atom is -0.286 e. The van der Waals surface area contributed by atoms with Crippen molar-refractivity contribution in [1.29, 1.82) is 0 Å². The van der Waals surface area contributed by atoms with Gasteiger partial charge in [0.2, 0.25) is 0 Å². The van der Waals surface area contributed by atoms with Crippen LogP contribution in [0.1, 0.15) is 16.7 Å². The Hall–Kier alpha value is -1.97. The van der Waals surface area contributed by atoms with Crippen LogP contribution in [0.25, 0.3) is 0 Å². The Balaban J connectivity index is 1.98. The molecule has 1 fully saturated rings. The molecule has 25 heavy (non-hydrogen) atoms. The summed E-state index contributed by atoms with van der Waals surface area (Å²) >= 11 is 3.45. The highest BCUT2D eigenvalue weighted by Gasteiger charge is 2.66. The molecule has 0 amide bonds. The molecule has 0 aromatic heterocycles. The molecule has 1 heterocycles. The number of rotatable bonds is 3. The van der Waals surface area contributed by atoms with Gasteiger partial charge in [-0.2, -0.15) is 0 Å². The van der Waals surface area contributed by atoms with Gasteiger partial charge in [0.15, 0.2) is 5.67 Å². The van der Waals surface area contributed by atoms with E-state index in [1.54, 1.807) is 0 Å². The lowest BCUT2D eigenvalue weighted by molar-refractivity contribution is -0.149. The second-order valence-electron chi connectivity index (χ2n) is 6.61. The van der Waals surface area contributed by atoms with Gasteiger partial charge in [-0.05, 0) is 35.9 Å². The predicted molar refractivity (Wildman–Crippen MR) is 103 cm³/mol. The van der Waals surface area contributed by atoms with Gasteiger partial charge in [-0.15, -0.1) is 0 Å². The summed E-state index contributed by atoms with van der Waals surface area (Å²) in [5, 5.41) is 0. The molecule has 1 atom stereocenters. The van der Waals surface area contributed by atoms with Crippen LogP contribution in [0.15, 0.2) is 89.4 Å². The molecule has 1 aliphatic heterocycles. The highest BCUT2D eigenvalue weighted by Crippen LogP contribution is 2.59. The van der Waals surface area contributed by atoms with Gasteiger partial charge in [0.1, 0.15) is 5.54 Å². The Morgan fingerprint density at radius 1 is 0.760 bits per heavy atom. The van der Waals surface area contributed by atoms with Crippen LogP contribution in [0.2, 0.25) is 0 Å². The van der Waals surface area contributed by atoms with Crippen LogP contribution in [0.5, 0.6) is 0 Å². The van der Waals surface area contributed by atoms with Crippen molar-refractivity contribution in [2.75, 3.05) is 13.6 Å². The predicted octanol–water partition coefficient (Wildman–Crippen LogP) is 5.50. The molecule has 126 valence electrons. The van der Waals surface area contributed by atoms with E-state index in [-0.39, 0.29) is 0 Å². The fraction of sp³-hybridized carbons (Fsp3) is 0.182. The number of halogens is 2. The fourth-order valence-electron chi connectivity index (χ4n) is 4.21. The van der Waals surface area contributed by atoms with Crippen molar-refractivity contribution in [3.05, 3.63) is 106 Å². The summed E-state index contributed by atoms with van der Waals surface area (Å²) in [6.45, 7) is 0.360. The molecule has 3 aromatic rings. The van der Waals surface area contributed by atoms with Crippen molar-refractivity contribution in [1.82, 2.24) is 4.90 Å². The second-order valence-corrected chi connectivity index (χ2v) is 7.52. The van der Waals surface area contributed by atoms with E-state index in [0.717, 1.165) is 15.6 Å². The first kappa shape index (κ1) is 16.5. The summed E-state index contributed by atoms with van der Waals surface area (Å²) in [5.74, 6) is 0. The average molecular weight is 396 g/mol. The van der Waals surface area contributed by atoms with Gasteiger partial charge in [0.05, 0.1) is 0 Å². The molecular formula is C22H19BrFN. The molecule has 0 N–H and O–H groups in total.